The minimum absolute atomic E-state index is 0.222. The van der Waals surface area contributed by atoms with Crippen molar-refractivity contribution in [3.05, 3.63) is 52.2 Å². The van der Waals surface area contributed by atoms with Crippen molar-refractivity contribution >= 4 is 11.0 Å². The number of benzene rings is 1. The Morgan fingerprint density at radius 3 is 2.73 bits per heavy atom. The number of nitrogens with zero attached hydrogens (tertiary/aromatic N) is 3. The number of halogens is 3. The summed E-state index contributed by atoms with van der Waals surface area (Å²) in [6.07, 6.45) is 2.12. The van der Waals surface area contributed by atoms with Gasteiger partial charge in [-0.1, -0.05) is 31.7 Å². The third kappa shape index (κ3) is 3.11. The maximum absolute atomic E-state index is 13.0. The van der Waals surface area contributed by atoms with Crippen LogP contribution in [-0.2, 0) is 12.6 Å². The molecule has 0 unspecified atom stereocenters. The van der Waals surface area contributed by atoms with Crippen molar-refractivity contribution in [2.45, 2.75) is 38.3 Å². The molecular formula is C18H17F3N4O. The van der Waals surface area contributed by atoms with E-state index >= 15 is 0 Å². The molecule has 0 spiro atoms. The number of H-pyrrole nitrogens is 1. The van der Waals surface area contributed by atoms with Gasteiger partial charge in [0.15, 0.2) is 5.65 Å². The molecule has 2 heterocycles. The van der Waals surface area contributed by atoms with E-state index in [1.165, 1.54) is 35.9 Å². The molecule has 1 N–H and O–H groups in total. The SMILES string of the molecule is O=c1[nH]c(CC2CCCC2)nc2c1cnn2-c1cccc(C(F)(F)F)c1. The van der Waals surface area contributed by atoms with E-state index in [0.29, 0.717) is 18.2 Å². The number of fused-ring (bicyclic) bond motifs is 1. The minimum atomic E-state index is -4.45. The van der Waals surface area contributed by atoms with Gasteiger partial charge in [-0.3, -0.25) is 4.79 Å². The Hall–Kier alpha value is -2.64. The van der Waals surface area contributed by atoms with Crippen LogP contribution in [0, 0.1) is 5.92 Å². The molecule has 0 atom stereocenters. The molecule has 1 aromatic carbocycles. The molecule has 1 aliphatic rings. The summed E-state index contributed by atoms with van der Waals surface area (Å²) < 4.78 is 40.2. The number of rotatable bonds is 3. The molecule has 136 valence electrons. The van der Waals surface area contributed by atoms with Crippen LogP contribution in [0.2, 0.25) is 0 Å². The van der Waals surface area contributed by atoms with Gasteiger partial charge in [-0.25, -0.2) is 9.67 Å². The summed E-state index contributed by atoms with van der Waals surface area (Å²) in [5.41, 5.74) is -0.586. The second-order valence-corrected chi connectivity index (χ2v) is 6.71. The van der Waals surface area contributed by atoms with Crippen LogP contribution in [0.5, 0.6) is 0 Å². The van der Waals surface area contributed by atoms with Gasteiger partial charge in [0.1, 0.15) is 11.2 Å². The zero-order valence-electron chi connectivity index (χ0n) is 13.9. The first-order chi connectivity index (χ1) is 12.4. The van der Waals surface area contributed by atoms with E-state index in [-0.39, 0.29) is 22.3 Å². The van der Waals surface area contributed by atoms with Crippen molar-refractivity contribution in [2.75, 3.05) is 0 Å². The topological polar surface area (TPSA) is 63.6 Å². The van der Waals surface area contributed by atoms with Gasteiger partial charge in [-0.2, -0.15) is 18.3 Å². The highest BCUT2D eigenvalue weighted by molar-refractivity contribution is 5.75. The third-order valence-corrected chi connectivity index (χ3v) is 4.86. The van der Waals surface area contributed by atoms with Gasteiger partial charge in [0.05, 0.1) is 17.4 Å². The van der Waals surface area contributed by atoms with Crippen LogP contribution in [0.4, 0.5) is 13.2 Å². The van der Waals surface area contributed by atoms with Gasteiger partial charge in [-0.15, -0.1) is 0 Å². The van der Waals surface area contributed by atoms with Crippen molar-refractivity contribution in [1.82, 2.24) is 19.7 Å². The second-order valence-electron chi connectivity index (χ2n) is 6.71. The maximum atomic E-state index is 13.0. The van der Waals surface area contributed by atoms with E-state index in [9.17, 15) is 18.0 Å². The summed E-state index contributed by atoms with van der Waals surface area (Å²) in [5, 5.41) is 4.35. The molecule has 5 nitrogen and oxygen atoms in total. The molecule has 2 aromatic heterocycles. The lowest BCUT2D eigenvalue weighted by Gasteiger charge is -2.10. The highest BCUT2D eigenvalue weighted by Crippen LogP contribution is 2.31. The third-order valence-electron chi connectivity index (χ3n) is 4.86. The van der Waals surface area contributed by atoms with Gasteiger partial charge in [0.2, 0.25) is 0 Å². The smallest absolute Gasteiger partial charge is 0.310 e. The highest BCUT2D eigenvalue weighted by atomic mass is 19.4. The summed E-state index contributed by atoms with van der Waals surface area (Å²) in [6, 6.07) is 4.84. The molecule has 1 aliphatic carbocycles. The summed E-state index contributed by atoms with van der Waals surface area (Å²) in [7, 11) is 0. The average Bonchev–Trinajstić information content (AvgIpc) is 3.24. The number of nitrogens with one attached hydrogen (secondary N) is 1. The van der Waals surface area contributed by atoms with Crippen molar-refractivity contribution in [3.63, 3.8) is 0 Å². The Morgan fingerprint density at radius 1 is 1.23 bits per heavy atom. The Labute approximate surface area is 146 Å². The van der Waals surface area contributed by atoms with E-state index in [1.54, 1.807) is 0 Å². The van der Waals surface area contributed by atoms with Crippen molar-refractivity contribution in [3.8, 4) is 5.69 Å². The van der Waals surface area contributed by atoms with Gasteiger partial charge < -0.3 is 4.98 Å². The lowest BCUT2D eigenvalue weighted by molar-refractivity contribution is -0.137. The molecule has 26 heavy (non-hydrogen) atoms. The van der Waals surface area contributed by atoms with Crippen LogP contribution >= 0.6 is 0 Å². The van der Waals surface area contributed by atoms with Crippen LogP contribution in [0.1, 0.15) is 37.1 Å². The van der Waals surface area contributed by atoms with Gasteiger partial charge in [0.25, 0.3) is 5.56 Å². The zero-order chi connectivity index (χ0) is 18.3. The normalized spacial score (nSPS) is 15.8. The van der Waals surface area contributed by atoms with E-state index in [2.05, 4.69) is 15.1 Å². The first-order valence-corrected chi connectivity index (χ1v) is 8.56. The maximum Gasteiger partial charge on any atom is 0.416 e. The first-order valence-electron chi connectivity index (χ1n) is 8.56. The van der Waals surface area contributed by atoms with Crippen LogP contribution in [0.15, 0.2) is 35.3 Å². The second kappa shape index (κ2) is 6.26. The van der Waals surface area contributed by atoms with Crippen LogP contribution in [-0.4, -0.2) is 19.7 Å². The number of hydrogen-bond acceptors (Lipinski definition) is 3. The molecule has 0 radical (unpaired) electrons. The predicted octanol–water partition coefficient (Wildman–Crippen LogP) is 3.86. The Kier molecular flexibility index (Phi) is 4.05. The zero-order valence-corrected chi connectivity index (χ0v) is 13.9. The van der Waals surface area contributed by atoms with Crippen LogP contribution < -0.4 is 5.56 Å². The van der Waals surface area contributed by atoms with Gasteiger partial charge in [0, 0.05) is 6.42 Å². The van der Waals surface area contributed by atoms with Gasteiger partial charge >= 0.3 is 6.18 Å². The largest absolute Gasteiger partial charge is 0.416 e. The van der Waals surface area contributed by atoms with Crippen molar-refractivity contribution < 1.29 is 13.2 Å². The molecule has 1 fully saturated rings. The lowest BCUT2D eigenvalue weighted by atomic mass is 10.0. The van der Waals surface area contributed by atoms with Gasteiger partial charge in [-0.05, 0) is 24.1 Å². The van der Waals surface area contributed by atoms with E-state index in [4.69, 9.17) is 0 Å². The standard InChI is InChI=1S/C18H17F3N4O/c19-18(20,21)12-6-3-7-13(9-12)25-16-14(10-22-25)17(26)24-15(23-16)8-11-4-1-2-5-11/h3,6-7,9-11H,1-2,4-5,8H2,(H,23,24,26). The molecule has 8 heteroatoms. The van der Waals surface area contributed by atoms with E-state index in [0.717, 1.165) is 25.0 Å². The van der Waals surface area contributed by atoms with Crippen LogP contribution in [0.3, 0.4) is 0 Å². The van der Waals surface area contributed by atoms with Crippen molar-refractivity contribution in [2.24, 2.45) is 5.92 Å². The number of aromatic amines is 1. The minimum Gasteiger partial charge on any atom is -0.310 e. The molecule has 0 saturated heterocycles. The van der Waals surface area contributed by atoms with E-state index in [1.807, 2.05) is 0 Å². The lowest BCUT2D eigenvalue weighted by Crippen LogP contribution is -2.15. The monoisotopic (exact) mass is 362 g/mol. The predicted molar refractivity (Wildman–Crippen MR) is 90.1 cm³/mol. The van der Waals surface area contributed by atoms with Crippen molar-refractivity contribution in [1.29, 1.82) is 0 Å². The van der Waals surface area contributed by atoms with E-state index < -0.39 is 11.7 Å². The van der Waals surface area contributed by atoms with Crippen LogP contribution in [0.25, 0.3) is 16.7 Å². The molecule has 0 aliphatic heterocycles. The summed E-state index contributed by atoms with van der Waals surface area (Å²) in [5.74, 6) is 1.05. The molecular weight excluding hydrogens is 345 g/mol. The Bertz CT molecular complexity index is 1000. The number of alkyl halides is 3. The number of hydrogen-bond donors (Lipinski definition) is 1. The summed E-state index contributed by atoms with van der Waals surface area (Å²) in [4.78, 5) is 19.6. The molecule has 4 rings (SSSR count). The summed E-state index contributed by atoms with van der Waals surface area (Å²) >= 11 is 0. The highest BCUT2D eigenvalue weighted by Gasteiger charge is 2.30. The molecule has 0 bridgehead atoms. The average molecular weight is 362 g/mol. The quantitative estimate of drug-likeness (QED) is 0.770. The fourth-order valence-corrected chi connectivity index (χ4v) is 3.55. The Morgan fingerprint density at radius 2 is 2.00 bits per heavy atom. The molecule has 1 saturated carbocycles. The molecule has 0 amide bonds. The number of aromatic nitrogens is 4. The molecule has 3 aromatic rings. The summed E-state index contributed by atoms with van der Waals surface area (Å²) in [6.45, 7) is 0. The fraction of sp³-hybridized carbons (Fsp3) is 0.389. The Balaban J connectivity index is 1.78. The first kappa shape index (κ1) is 16.8. The fourth-order valence-electron chi connectivity index (χ4n) is 3.55.